The molecule has 4 rings (SSSR count). The van der Waals surface area contributed by atoms with Gasteiger partial charge in [0.1, 0.15) is 6.04 Å². The molecule has 4 atom stereocenters. The second kappa shape index (κ2) is 20.1. The molecule has 0 aliphatic rings. The summed E-state index contributed by atoms with van der Waals surface area (Å²) >= 11 is 12.4. The number of fused-ring (bicyclic) bond motifs is 1. The molecule has 8 nitrogen and oxygen atoms in total. The maximum absolute atomic E-state index is 14.2. The number of benzene rings is 4. The second-order valence-electron chi connectivity index (χ2n) is 13.4. The quantitative estimate of drug-likeness (QED) is 0.0731. The van der Waals surface area contributed by atoms with Gasteiger partial charge in [0.15, 0.2) is 5.78 Å². The van der Waals surface area contributed by atoms with Crippen molar-refractivity contribution in [2.24, 2.45) is 17.6 Å². The summed E-state index contributed by atoms with van der Waals surface area (Å²) in [6.07, 6.45) is 2.82. The van der Waals surface area contributed by atoms with Crippen molar-refractivity contribution in [2.45, 2.75) is 83.8 Å². The van der Waals surface area contributed by atoms with E-state index in [9.17, 15) is 19.2 Å². The first-order valence-corrected chi connectivity index (χ1v) is 18.9. The largest absolute Gasteiger partial charge is 0.345 e. The molecule has 4 aromatic rings. The summed E-state index contributed by atoms with van der Waals surface area (Å²) in [5, 5.41) is 12.3. The Hall–Kier alpha value is -4.24. The molecule has 0 spiro atoms. The molecule has 0 fully saturated rings. The SMILES string of the molecule is CCC(=O)N[C@@H](Cc1ccc2ccccc2c1)C(=O)N[C@H](C(=O)C[C@@H](CCCCN)C(=O)NC(c1ccc(Cl)cc1)c1ccc(Cl)cc1)[C@@H](C)CC. The van der Waals surface area contributed by atoms with E-state index < -0.39 is 30.0 Å². The molecule has 0 saturated heterocycles. The van der Waals surface area contributed by atoms with E-state index >= 15 is 0 Å². The third-order valence-corrected chi connectivity index (χ3v) is 10.1. The molecule has 0 aromatic heterocycles. The number of rotatable bonds is 19. The number of carbonyl (C=O) groups is 4. The zero-order valence-electron chi connectivity index (χ0n) is 30.2. The highest BCUT2D eigenvalue weighted by Crippen LogP contribution is 2.27. The van der Waals surface area contributed by atoms with Crippen LogP contribution in [0.2, 0.25) is 10.0 Å². The summed E-state index contributed by atoms with van der Waals surface area (Å²) < 4.78 is 0. The standard InChI is InChI=1S/C42H50Cl2N4O4/c1-4-27(3)39(47-42(52)36(46-38(50)5-2)25-28-13-14-29-10-6-7-11-32(29)24-28)37(49)26-33(12-8-9-23-45)41(51)48-40(30-15-19-34(43)20-16-30)31-17-21-35(44)22-18-31/h6-7,10-11,13-22,24,27,33,36,39-40H,4-5,8-9,12,23,25-26,45H2,1-3H3,(H,46,50)(H,47,52)(H,48,51)/t27-,33+,36-,39-/m0/s1. The van der Waals surface area contributed by atoms with E-state index in [0.29, 0.717) is 42.3 Å². The molecule has 0 aliphatic heterocycles. The average Bonchev–Trinajstić information content (AvgIpc) is 3.15. The molecule has 0 aliphatic carbocycles. The first-order valence-electron chi connectivity index (χ1n) is 18.1. The van der Waals surface area contributed by atoms with Crippen LogP contribution in [0, 0.1) is 11.8 Å². The fourth-order valence-electron chi connectivity index (χ4n) is 6.30. The number of halogens is 2. The summed E-state index contributed by atoms with van der Waals surface area (Å²) in [6.45, 7) is 6.06. The Balaban J connectivity index is 1.56. The van der Waals surface area contributed by atoms with Crippen LogP contribution < -0.4 is 21.7 Å². The molecule has 52 heavy (non-hydrogen) atoms. The topological polar surface area (TPSA) is 130 Å². The number of amides is 3. The van der Waals surface area contributed by atoms with Gasteiger partial charge in [0, 0.05) is 35.2 Å². The highest BCUT2D eigenvalue weighted by molar-refractivity contribution is 6.30. The van der Waals surface area contributed by atoms with Gasteiger partial charge in [0.25, 0.3) is 0 Å². The minimum absolute atomic E-state index is 0.0731. The van der Waals surface area contributed by atoms with Gasteiger partial charge in [-0.05, 0) is 77.0 Å². The number of hydrogen-bond donors (Lipinski definition) is 4. The van der Waals surface area contributed by atoms with Crippen molar-refractivity contribution in [3.05, 3.63) is 118 Å². The average molecular weight is 746 g/mol. The third kappa shape index (κ3) is 11.6. The minimum Gasteiger partial charge on any atom is -0.345 e. The molecule has 4 aromatic carbocycles. The van der Waals surface area contributed by atoms with E-state index in [1.54, 1.807) is 31.2 Å². The van der Waals surface area contributed by atoms with Crippen LogP contribution in [0.1, 0.15) is 82.0 Å². The van der Waals surface area contributed by atoms with Crippen LogP contribution in [0.4, 0.5) is 0 Å². The molecule has 10 heteroatoms. The molecule has 0 radical (unpaired) electrons. The van der Waals surface area contributed by atoms with Gasteiger partial charge in [-0.25, -0.2) is 0 Å². The lowest BCUT2D eigenvalue weighted by atomic mass is 9.87. The molecule has 3 amide bonds. The van der Waals surface area contributed by atoms with Gasteiger partial charge in [-0.1, -0.05) is 124 Å². The molecule has 0 bridgehead atoms. The number of carbonyl (C=O) groups excluding carboxylic acids is 4. The number of Topliss-reactive ketones (excluding diaryl/α,β-unsaturated/α-hetero) is 1. The fourth-order valence-corrected chi connectivity index (χ4v) is 6.55. The van der Waals surface area contributed by atoms with Crippen LogP contribution in [0.25, 0.3) is 10.8 Å². The summed E-state index contributed by atoms with van der Waals surface area (Å²) in [7, 11) is 0. The fraction of sp³-hybridized carbons (Fsp3) is 0.381. The Morgan fingerprint density at radius 1 is 0.731 bits per heavy atom. The molecule has 0 saturated carbocycles. The van der Waals surface area contributed by atoms with E-state index in [1.807, 2.05) is 80.6 Å². The molecular weight excluding hydrogens is 695 g/mol. The summed E-state index contributed by atoms with van der Waals surface area (Å²) in [5.41, 5.74) is 8.33. The summed E-state index contributed by atoms with van der Waals surface area (Å²) in [6, 6.07) is 26.1. The summed E-state index contributed by atoms with van der Waals surface area (Å²) in [4.78, 5) is 54.9. The first kappa shape index (κ1) is 40.5. The second-order valence-corrected chi connectivity index (χ2v) is 14.3. The van der Waals surface area contributed by atoms with Gasteiger partial charge in [-0.2, -0.15) is 0 Å². The molecule has 5 N–H and O–H groups in total. The van der Waals surface area contributed by atoms with Gasteiger partial charge in [0.05, 0.1) is 12.1 Å². The summed E-state index contributed by atoms with van der Waals surface area (Å²) in [5.74, 6) is -2.11. The molecular formula is C42H50Cl2N4O4. The lowest BCUT2D eigenvalue weighted by molar-refractivity contribution is -0.134. The Morgan fingerprint density at radius 3 is 1.92 bits per heavy atom. The minimum atomic E-state index is -0.892. The Kier molecular flexibility index (Phi) is 15.7. The maximum Gasteiger partial charge on any atom is 0.243 e. The number of ketones is 1. The third-order valence-electron chi connectivity index (χ3n) is 9.60. The highest BCUT2D eigenvalue weighted by Gasteiger charge is 2.33. The van der Waals surface area contributed by atoms with Crippen molar-refractivity contribution < 1.29 is 19.2 Å². The number of nitrogens with one attached hydrogen (secondary N) is 3. The Morgan fingerprint density at radius 2 is 1.35 bits per heavy atom. The van der Waals surface area contributed by atoms with E-state index in [4.69, 9.17) is 28.9 Å². The van der Waals surface area contributed by atoms with Crippen molar-refractivity contribution in [3.63, 3.8) is 0 Å². The highest BCUT2D eigenvalue weighted by atomic mass is 35.5. The van der Waals surface area contributed by atoms with Crippen LogP contribution in [-0.2, 0) is 25.6 Å². The zero-order valence-corrected chi connectivity index (χ0v) is 31.7. The lowest BCUT2D eigenvalue weighted by Gasteiger charge is -2.28. The monoisotopic (exact) mass is 744 g/mol. The van der Waals surface area contributed by atoms with Gasteiger partial charge >= 0.3 is 0 Å². The van der Waals surface area contributed by atoms with Gasteiger partial charge in [-0.3, -0.25) is 19.2 Å². The first-order chi connectivity index (χ1) is 25.0. The van der Waals surface area contributed by atoms with Gasteiger partial charge < -0.3 is 21.7 Å². The van der Waals surface area contributed by atoms with Crippen molar-refractivity contribution in [3.8, 4) is 0 Å². The van der Waals surface area contributed by atoms with E-state index in [0.717, 1.165) is 27.5 Å². The Bertz CT molecular complexity index is 1750. The van der Waals surface area contributed by atoms with E-state index in [-0.39, 0.29) is 42.8 Å². The van der Waals surface area contributed by atoms with Crippen LogP contribution >= 0.6 is 23.2 Å². The maximum atomic E-state index is 14.2. The van der Waals surface area contributed by atoms with Gasteiger partial charge in [-0.15, -0.1) is 0 Å². The molecule has 276 valence electrons. The smallest absolute Gasteiger partial charge is 0.243 e. The van der Waals surface area contributed by atoms with E-state index in [2.05, 4.69) is 16.0 Å². The normalized spacial score (nSPS) is 13.6. The van der Waals surface area contributed by atoms with Gasteiger partial charge in [0.2, 0.25) is 17.7 Å². The molecule has 0 unspecified atom stereocenters. The van der Waals surface area contributed by atoms with Crippen LogP contribution in [0.3, 0.4) is 0 Å². The predicted octanol–water partition coefficient (Wildman–Crippen LogP) is 7.73. The number of hydrogen-bond acceptors (Lipinski definition) is 5. The van der Waals surface area contributed by atoms with Crippen molar-refractivity contribution in [1.29, 1.82) is 0 Å². The van der Waals surface area contributed by atoms with Crippen molar-refractivity contribution in [2.75, 3.05) is 6.54 Å². The molecule has 0 heterocycles. The number of unbranched alkanes of at least 4 members (excludes halogenated alkanes) is 1. The number of nitrogens with two attached hydrogens (primary N) is 1. The predicted molar refractivity (Wildman–Crippen MR) is 210 cm³/mol. The van der Waals surface area contributed by atoms with Crippen molar-refractivity contribution >= 4 is 57.5 Å². The lowest BCUT2D eigenvalue weighted by Crippen LogP contribution is -2.54. The van der Waals surface area contributed by atoms with Crippen LogP contribution in [-0.4, -0.2) is 42.1 Å². The zero-order chi connectivity index (χ0) is 37.6. The van der Waals surface area contributed by atoms with Crippen LogP contribution in [0.5, 0.6) is 0 Å². The van der Waals surface area contributed by atoms with Crippen molar-refractivity contribution in [1.82, 2.24) is 16.0 Å². The Labute approximate surface area is 317 Å². The van der Waals surface area contributed by atoms with E-state index in [1.165, 1.54) is 0 Å². The van der Waals surface area contributed by atoms with Crippen LogP contribution in [0.15, 0.2) is 91.0 Å².